The number of amides is 1. The summed E-state index contributed by atoms with van der Waals surface area (Å²) in [5.74, 6) is 0.235. The van der Waals surface area contributed by atoms with Gasteiger partial charge in [-0.25, -0.2) is 0 Å². The molecule has 2 saturated heterocycles. The van der Waals surface area contributed by atoms with Crippen molar-refractivity contribution in [2.45, 2.75) is 58.3 Å². The van der Waals surface area contributed by atoms with Gasteiger partial charge in [0.2, 0.25) is 0 Å². The van der Waals surface area contributed by atoms with Gasteiger partial charge in [0.05, 0.1) is 18.3 Å². The van der Waals surface area contributed by atoms with Crippen molar-refractivity contribution in [2.24, 2.45) is 5.92 Å². The van der Waals surface area contributed by atoms with E-state index in [-0.39, 0.29) is 17.9 Å². The van der Waals surface area contributed by atoms with E-state index in [2.05, 4.69) is 4.90 Å². The second-order valence-corrected chi connectivity index (χ2v) is 8.05. The number of aliphatic hydroxyl groups is 1. The maximum Gasteiger partial charge on any atom is 0.252 e. The first-order valence-electron chi connectivity index (χ1n) is 9.23. The van der Waals surface area contributed by atoms with Gasteiger partial charge in [-0.2, -0.15) is 0 Å². The van der Waals surface area contributed by atoms with Gasteiger partial charge >= 0.3 is 0 Å². The lowest BCUT2D eigenvalue weighted by Crippen LogP contribution is -2.55. The quantitative estimate of drug-likeness (QED) is 0.751. The van der Waals surface area contributed by atoms with E-state index in [9.17, 15) is 9.90 Å². The predicted octanol–water partition coefficient (Wildman–Crippen LogP) is 1.12. The third-order valence-electron chi connectivity index (χ3n) is 4.63. The Kier molecular flexibility index (Phi) is 7.04. The van der Waals surface area contributed by atoms with E-state index in [0.717, 1.165) is 32.5 Å². The molecule has 0 aromatic carbocycles. The average Bonchev–Trinajstić information content (AvgIpc) is 2.99. The fourth-order valence-electron chi connectivity index (χ4n) is 3.39. The molecule has 0 radical (unpaired) electrons. The second-order valence-electron chi connectivity index (χ2n) is 8.05. The topological polar surface area (TPSA) is 62.2 Å². The van der Waals surface area contributed by atoms with Crippen molar-refractivity contribution in [2.75, 3.05) is 45.9 Å². The molecule has 1 N–H and O–H groups in total. The first-order chi connectivity index (χ1) is 11.3. The molecule has 0 unspecified atom stereocenters. The minimum Gasteiger partial charge on any atom is -0.389 e. The molecular weight excluding hydrogens is 308 g/mol. The Bertz CT molecular complexity index is 394. The van der Waals surface area contributed by atoms with Crippen LogP contribution in [0.5, 0.6) is 0 Å². The van der Waals surface area contributed by atoms with Gasteiger partial charge in [0.15, 0.2) is 0 Å². The molecular formula is C18H34N2O4. The van der Waals surface area contributed by atoms with Crippen molar-refractivity contribution in [3.63, 3.8) is 0 Å². The summed E-state index contributed by atoms with van der Waals surface area (Å²) in [6.07, 6.45) is 1.85. The predicted molar refractivity (Wildman–Crippen MR) is 92.9 cm³/mol. The number of rotatable bonds is 7. The molecule has 2 heterocycles. The van der Waals surface area contributed by atoms with Crippen molar-refractivity contribution in [1.82, 2.24) is 9.80 Å². The summed E-state index contributed by atoms with van der Waals surface area (Å²) in [7, 11) is 0. The molecule has 2 aliphatic heterocycles. The summed E-state index contributed by atoms with van der Waals surface area (Å²) in [4.78, 5) is 16.9. The van der Waals surface area contributed by atoms with Crippen molar-refractivity contribution < 1.29 is 19.4 Å². The molecule has 2 aliphatic rings. The van der Waals surface area contributed by atoms with Gasteiger partial charge in [0, 0.05) is 39.3 Å². The summed E-state index contributed by atoms with van der Waals surface area (Å²) in [5, 5.41) is 9.93. The lowest BCUT2D eigenvalue weighted by molar-refractivity contribution is -0.151. The van der Waals surface area contributed by atoms with Gasteiger partial charge in [-0.1, -0.05) is 13.8 Å². The van der Waals surface area contributed by atoms with Crippen LogP contribution < -0.4 is 0 Å². The van der Waals surface area contributed by atoms with Crippen molar-refractivity contribution in [3.05, 3.63) is 0 Å². The zero-order valence-electron chi connectivity index (χ0n) is 15.7. The molecule has 0 aromatic rings. The molecule has 0 bridgehead atoms. The Morgan fingerprint density at radius 1 is 1.29 bits per heavy atom. The number of hydrogen-bond acceptors (Lipinski definition) is 5. The van der Waals surface area contributed by atoms with Crippen LogP contribution in [0.15, 0.2) is 0 Å². The van der Waals surface area contributed by atoms with E-state index in [1.54, 1.807) is 0 Å². The van der Waals surface area contributed by atoms with Gasteiger partial charge in [-0.05, 0) is 32.6 Å². The second kappa shape index (κ2) is 8.61. The molecule has 0 spiro atoms. The number of hydrogen-bond donors (Lipinski definition) is 1. The van der Waals surface area contributed by atoms with Crippen LogP contribution in [0.3, 0.4) is 0 Å². The number of carbonyl (C=O) groups excluding carboxylic acids is 1. The van der Waals surface area contributed by atoms with E-state index < -0.39 is 11.7 Å². The standard InChI is InChI=1S/C18H34N2O4/c1-14(2)16(24-12-15-6-5-11-23-15)17(21)20-9-7-19(8-10-20)13-18(3,4)22/h14-16,22H,5-13H2,1-4H3/t15-,16+/m0/s1. The summed E-state index contributed by atoms with van der Waals surface area (Å²) >= 11 is 0. The first kappa shape index (κ1) is 19.6. The average molecular weight is 342 g/mol. The molecule has 2 atom stereocenters. The summed E-state index contributed by atoms with van der Waals surface area (Å²) < 4.78 is 11.5. The number of nitrogens with zero attached hydrogens (tertiary/aromatic N) is 2. The molecule has 6 nitrogen and oxygen atoms in total. The molecule has 0 aromatic heterocycles. The Labute approximate surface area is 146 Å². The van der Waals surface area contributed by atoms with E-state index in [4.69, 9.17) is 9.47 Å². The Morgan fingerprint density at radius 3 is 2.46 bits per heavy atom. The fraction of sp³-hybridized carbons (Fsp3) is 0.944. The monoisotopic (exact) mass is 342 g/mol. The minimum atomic E-state index is -0.697. The molecule has 0 saturated carbocycles. The maximum atomic E-state index is 12.8. The molecule has 140 valence electrons. The van der Waals surface area contributed by atoms with Gasteiger partial charge < -0.3 is 19.5 Å². The number of carbonyl (C=O) groups is 1. The van der Waals surface area contributed by atoms with Gasteiger partial charge in [0.1, 0.15) is 6.10 Å². The summed E-state index contributed by atoms with van der Waals surface area (Å²) in [6.45, 7) is 12.6. The fourth-order valence-corrected chi connectivity index (χ4v) is 3.39. The summed E-state index contributed by atoms with van der Waals surface area (Å²) in [5.41, 5.74) is -0.697. The number of ether oxygens (including phenoxy) is 2. The van der Waals surface area contributed by atoms with Crippen LogP contribution in [0.25, 0.3) is 0 Å². The highest BCUT2D eigenvalue weighted by Gasteiger charge is 2.32. The van der Waals surface area contributed by atoms with Crippen LogP contribution >= 0.6 is 0 Å². The third-order valence-corrected chi connectivity index (χ3v) is 4.63. The maximum absolute atomic E-state index is 12.8. The largest absolute Gasteiger partial charge is 0.389 e. The van der Waals surface area contributed by atoms with Gasteiger partial charge in [-0.3, -0.25) is 9.69 Å². The van der Waals surface area contributed by atoms with Crippen molar-refractivity contribution >= 4 is 5.91 Å². The smallest absolute Gasteiger partial charge is 0.252 e. The van der Waals surface area contributed by atoms with E-state index in [1.165, 1.54) is 0 Å². The zero-order valence-corrected chi connectivity index (χ0v) is 15.7. The van der Waals surface area contributed by atoms with E-state index >= 15 is 0 Å². The van der Waals surface area contributed by atoms with Crippen molar-refractivity contribution in [3.8, 4) is 0 Å². The highest BCUT2D eigenvalue weighted by molar-refractivity contribution is 5.81. The molecule has 0 aliphatic carbocycles. The lowest BCUT2D eigenvalue weighted by atomic mass is 10.0. The lowest BCUT2D eigenvalue weighted by Gasteiger charge is -2.39. The third kappa shape index (κ3) is 5.99. The van der Waals surface area contributed by atoms with Crippen LogP contribution in [-0.4, -0.2) is 84.6 Å². The molecule has 2 rings (SSSR count). The highest BCUT2D eigenvalue weighted by atomic mass is 16.5. The van der Waals surface area contributed by atoms with Gasteiger partial charge in [-0.15, -0.1) is 0 Å². The molecule has 24 heavy (non-hydrogen) atoms. The van der Waals surface area contributed by atoms with Crippen LogP contribution in [0.4, 0.5) is 0 Å². The van der Waals surface area contributed by atoms with Crippen LogP contribution in [-0.2, 0) is 14.3 Å². The molecule has 6 heteroatoms. The minimum absolute atomic E-state index is 0.0888. The first-order valence-corrected chi connectivity index (χ1v) is 9.23. The number of piperazine rings is 1. The summed E-state index contributed by atoms with van der Waals surface area (Å²) in [6, 6.07) is 0. The Morgan fingerprint density at radius 2 is 1.96 bits per heavy atom. The van der Waals surface area contributed by atoms with E-state index in [0.29, 0.717) is 26.2 Å². The van der Waals surface area contributed by atoms with Gasteiger partial charge in [0.25, 0.3) is 5.91 Å². The van der Waals surface area contributed by atoms with Crippen LogP contribution in [0.1, 0.15) is 40.5 Å². The Hall–Kier alpha value is -0.690. The Balaban J connectivity index is 1.81. The normalized spacial score (nSPS) is 24.6. The molecule has 2 fully saturated rings. The van der Waals surface area contributed by atoms with Crippen LogP contribution in [0, 0.1) is 5.92 Å². The van der Waals surface area contributed by atoms with E-state index in [1.807, 2.05) is 32.6 Å². The SMILES string of the molecule is CC(C)[C@@H](OC[C@@H]1CCCO1)C(=O)N1CCN(CC(C)(C)O)CC1. The zero-order chi connectivity index (χ0) is 17.7. The van der Waals surface area contributed by atoms with Crippen molar-refractivity contribution in [1.29, 1.82) is 0 Å². The number of β-amino-alcohol motifs (C(OH)–C–C–N with tert-alkyl or cyclic N) is 1. The molecule has 1 amide bonds. The highest BCUT2D eigenvalue weighted by Crippen LogP contribution is 2.17. The van der Waals surface area contributed by atoms with Crippen LogP contribution in [0.2, 0.25) is 0 Å².